The molecule has 3 rings (SSSR count). The molecular formula is C23H22ClN3O3. The van der Waals surface area contributed by atoms with Crippen LogP contribution < -0.4 is 20.2 Å². The van der Waals surface area contributed by atoms with E-state index in [0.717, 1.165) is 16.8 Å². The van der Waals surface area contributed by atoms with Crippen molar-refractivity contribution < 1.29 is 14.3 Å². The summed E-state index contributed by atoms with van der Waals surface area (Å²) in [5.74, 6) is 0.718. The van der Waals surface area contributed by atoms with Gasteiger partial charge in [0.05, 0.1) is 19.0 Å². The van der Waals surface area contributed by atoms with Gasteiger partial charge in [0.1, 0.15) is 0 Å². The second-order valence-corrected chi connectivity index (χ2v) is 6.85. The predicted molar refractivity (Wildman–Crippen MR) is 121 cm³/mol. The van der Waals surface area contributed by atoms with Crippen LogP contribution in [0.15, 0.2) is 71.8 Å². The molecule has 2 N–H and O–H groups in total. The number of halogens is 1. The fourth-order valence-electron chi connectivity index (χ4n) is 2.59. The van der Waals surface area contributed by atoms with Gasteiger partial charge in [0, 0.05) is 10.7 Å². The number of rotatable bonds is 8. The normalized spacial score (nSPS) is 10.6. The minimum atomic E-state index is -0.255. The molecule has 0 heterocycles. The highest BCUT2D eigenvalue weighted by atomic mass is 35.5. The number of nitrogens with zero attached hydrogens (tertiary/aromatic N) is 1. The van der Waals surface area contributed by atoms with Gasteiger partial charge in [-0.3, -0.25) is 10.2 Å². The van der Waals surface area contributed by atoms with Crippen LogP contribution in [-0.2, 0) is 4.79 Å². The Hall–Kier alpha value is -3.51. The maximum Gasteiger partial charge on any atom is 0.262 e. The lowest BCUT2D eigenvalue weighted by Crippen LogP contribution is -2.20. The van der Waals surface area contributed by atoms with Gasteiger partial charge in [-0.2, -0.15) is 5.10 Å². The molecule has 0 aliphatic carbocycles. The highest BCUT2D eigenvalue weighted by Crippen LogP contribution is 2.27. The number of carbonyl (C=O) groups excluding carboxylic acids is 1. The maximum absolute atomic E-state index is 12.1. The number of hydrazone groups is 1. The third kappa shape index (κ3) is 5.99. The number of methoxy groups -OCH3 is 1. The first kappa shape index (κ1) is 21.2. The van der Waals surface area contributed by atoms with Gasteiger partial charge in [-0.25, -0.2) is 0 Å². The Labute approximate surface area is 180 Å². The zero-order valence-electron chi connectivity index (χ0n) is 16.7. The molecular weight excluding hydrogens is 402 g/mol. The average Bonchev–Trinajstić information content (AvgIpc) is 2.76. The van der Waals surface area contributed by atoms with E-state index in [1.807, 2.05) is 61.5 Å². The first-order valence-corrected chi connectivity index (χ1v) is 9.64. The lowest BCUT2D eigenvalue weighted by atomic mass is 10.2. The van der Waals surface area contributed by atoms with E-state index in [-0.39, 0.29) is 12.5 Å². The Morgan fingerprint density at radius 3 is 2.57 bits per heavy atom. The van der Waals surface area contributed by atoms with Gasteiger partial charge in [0.15, 0.2) is 18.1 Å². The summed E-state index contributed by atoms with van der Waals surface area (Å²) in [5, 5.41) is 7.66. The summed E-state index contributed by atoms with van der Waals surface area (Å²) in [5.41, 5.74) is 6.25. The van der Waals surface area contributed by atoms with Gasteiger partial charge in [0.2, 0.25) is 0 Å². The molecule has 0 unspecified atom stereocenters. The number of anilines is 2. The van der Waals surface area contributed by atoms with Crippen molar-refractivity contribution >= 4 is 35.1 Å². The van der Waals surface area contributed by atoms with Crippen LogP contribution in [0.25, 0.3) is 0 Å². The SMILES string of the molecule is COc1cc(C=NNc2ccc(C)c(Cl)c2)ccc1OCC(=O)Nc1ccccc1. The summed E-state index contributed by atoms with van der Waals surface area (Å²) in [6, 6.07) is 20.2. The molecule has 6 nitrogen and oxygen atoms in total. The Balaban J connectivity index is 1.58. The molecule has 3 aromatic rings. The summed E-state index contributed by atoms with van der Waals surface area (Å²) in [7, 11) is 1.54. The molecule has 0 aliphatic heterocycles. The van der Waals surface area contributed by atoms with Gasteiger partial charge in [-0.1, -0.05) is 35.9 Å². The minimum absolute atomic E-state index is 0.131. The number of hydrogen-bond acceptors (Lipinski definition) is 5. The minimum Gasteiger partial charge on any atom is -0.493 e. The van der Waals surface area contributed by atoms with E-state index in [2.05, 4.69) is 15.8 Å². The molecule has 0 aliphatic rings. The smallest absolute Gasteiger partial charge is 0.262 e. The number of amides is 1. The van der Waals surface area contributed by atoms with Crippen LogP contribution in [0.2, 0.25) is 5.02 Å². The zero-order chi connectivity index (χ0) is 21.3. The van der Waals surface area contributed by atoms with E-state index in [1.54, 1.807) is 25.5 Å². The molecule has 0 bridgehead atoms. The maximum atomic E-state index is 12.1. The number of nitrogens with one attached hydrogen (secondary N) is 2. The molecule has 0 atom stereocenters. The monoisotopic (exact) mass is 423 g/mol. The van der Waals surface area contributed by atoms with Crippen molar-refractivity contribution in [3.05, 3.63) is 82.9 Å². The topological polar surface area (TPSA) is 71.9 Å². The van der Waals surface area contributed by atoms with Gasteiger partial charge in [-0.05, 0) is 60.5 Å². The van der Waals surface area contributed by atoms with Gasteiger partial charge in [0.25, 0.3) is 5.91 Å². The predicted octanol–water partition coefficient (Wildman–Crippen LogP) is 5.12. The average molecular weight is 424 g/mol. The molecule has 30 heavy (non-hydrogen) atoms. The molecule has 7 heteroatoms. The summed E-state index contributed by atoms with van der Waals surface area (Å²) >= 11 is 6.11. The largest absolute Gasteiger partial charge is 0.493 e. The molecule has 0 saturated heterocycles. The molecule has 154 valence electrons. The summed E-state index contributed by atoms with van der Waals surface area (Å²) in [6.07, 6.45) is 1.65. The molecule has 1 amide bonds. The van der Waals surface area contributed by atoms with Crippen molar-refractivity contribution in [2.24, 2.45) is 5.10 Å². The van der Waals surface area contributed by atoms with Crippen LogP contribution >= 0.6 is 11.6 Å². The number of hydrogen-bond donors (Lipinski definition) is 2. The Morgan fingerprint density at radius 1 is 1.03 bits per heavy atom. The second kappa shape index (κ2) is 10.3. The Morgan fingerprint density at radius 2 is 1.83 bits per heavy atom. The van der Waals surface area contributed by atoms with E-state index in [1.165, 1.54) is 0 Å². The van der Waals surface area contributed by atoms with Crippen molar-refractivity contribution in [2.75, 3.05) is 24.5 Å². The Bertz CT molecular complexity index is 1040. The lowest BCUT2D eigenvalue weighted by Gasteiger charge is -2.11. The number of carbonyl (C=O) groups is 1. The fraction of sp³-hybridized carbons (Fsp3) is 0.130. The first-order chi connectivity index (χ1) is 14.5. The lowest BCUT2D eigenvalue weighted by molar-refractivity contribution is -0.118. The van der Waals surface area contributed by atoms with Crippen LogP contribution in [0.4, 0.5) is 11.4 Å². The first-order valence-electron chi connectivity index (χ1n) is 9.26. The van der Waals surface area contributed by atoms with Gasteiger partial charge in [-0.15, -0.1) is 0 Å². The van der Waals surface area contributed by atoms with E-state index in [0.29, 0.717) is 22.2 Å². The number of para-hydroxylation sites is 1. The molecule has 3 aromatic carbocycles. The van der Waals surface area contributed by atoms with E-state index in [9.17, 15) is 4.79 Å². The molecule has 0 saturated carbocycles. The molecule has 0 aromatic heterocycles. The Kier molecular flexibility index (Phi) is 7.29. The summed E-state index contributed by atoms with van der Waals surface area (Å²) in [4.78, 5) is 12.1. The third-order valence-corrected chi connectivity index (χ3v) is 4.59. The van der Waals surface area contributed by atoms with E-state index >= 15 is 0 Å². The number of ether oxygens (including phenoxy) is 2. The van der Waals surface area contributed by atoms with Crippen molar-refractivity contribution in [3.63, 3.8) is 0 Å². The molecule has 0 spiro atoms. The summed E-state index contributed by atoms with van der Waals surface area (Å²) < 4.78 is 11.0. The van der Waals surface area contributed by atoms with Gasteiger partial charge < -0.3 is 14.8 Å². The van der Waals surface area contributed by atoms with Crippen LogP contribution in [0.3, 0.4) is 0 Å². The molecule has 0 fully saturated rings. The van der Waals surface area contributed by atoms with Crippen molar-refractivity contribution in [1.82, 2.24) is 0 Å². The number of benzene rings is 3. The molecule has 0 radical (unpaired) electrons. The zero-order valence-corrected chi connectivity index (χ0v) is 17.4. The highest BCUT2D eigenvalue weighted by Gasteiger charge is 2.09. The van der Waals surface area contributed by atoms with Crippen molar-refractivity contribution in [1.29, 1.82) is 0 Å². The standard InChI is InChI=1S/C23H22ClN3O3/c1-16-8-10-19(13-20(16)24)27-25-14-17-9-11-21(22(12-17)29-2)30-15-23(28)26-18-6-4-3-5-7-18/h3-14,27H,15H2,1-2H3,(H,26,28). The van der Waals surface area contributed by atoms with Crippen LogP contribution in [0, 0.1) is 6.92 Å². The number of aryl methyl sites for hydroxylation is 1. The van der Waals surface area contributed by atoms with Crippen LogP contribution in [-0.4, -0.2) is 25.8 Å². The van der Waals surface area contributed by atoms with Crippen LogP contribution in [0.1, 0.15) is 11.1 Å². The second-order valence-electron chi connectivity index (χ2n) is 6.45. The van der Waals surface area contributed by atoms with Crippen molar-refractivity contribution in [2.45, 2.75) is 6.92 Å². The van der Waals surface area contributed by atoms with Gasteiger partial charge >= 0.3 is 0 Å². The quantitative estimate of drug-likeness (QED) is 0.389. The highest BCUT2D eigenvalue weighted by molar-refractivity contribution is 6.31. The van der Waals surface area contributed by atoms with E-state index < -0.39 is 0 Å². The van der Waals surface area contributed by atoms with E-state index in [4.69, 9.17) is 21.1 Å². The fourth-order valence-corrected chi connectivity index (χ4v) is 2.77. The van der Waals surface area contributed by atoms with Crippen molar-refractivity contribution in [3.8, 4) is 11.5 Å². The van der Waals surface area contributed by atoms with Crippen LogP contribution in [0.5, 0.6) is 11.5 Å². The third-order valence-electron chi connectivity index (χ3n) is 4.18. The summed E-state index contributed by atoms with van der Waals surface area (Å²) in [6.45, 7) is 1.81.